The van der Waals surface area contributed by atoms with Crippen molar-refractivity contribution in [1.29, 1.82) is 0 Å². The average Bonchev–Trinajstić information content (AvgIpc) is 4.00. The van der Waals surface area contributed by atoms with Crippen LogP contribution in [0, 0.1) is 23.2 Å². The summed E-state index contributed by atoms with van der Waals surface area (Å²) in [5.41, 5.74) is -1.89. The van der Waals surface area contributed by atoms with Crippen LogP contribution in [0.15, 0.2) is 0 Å². The molecule has 3 saturated carbocycles. The van der Waals surface area contributed by atoms with Crippen molar-refractivity contribution < 1.29 is 41.9 Å². The van der Waals surface area contributed by atoms with Crippen LogP contribution >= 0.6 is 0 Å². The van der Waals surface area contributed by atoms with Gasteiger partial charge in [0.15, 0.2) is 9.84 Å². The first kappa shape index (κ1) is 48.4. The molecule has 336 valence electrons. The molecule has 0 bridgehead atoms. The number of fused-ring (bicyclic) bond motifs is 1. The Morgan fingerprint density at radius 3 is 2.10 bits per heavy atom. The lowest BCUT2D eigenvalue weighted by Crippen LogP contribution is -2.62. The molecule has 0 aromatic rings. The highest BCUT2D eigenvalue weighted by molar-refractivity contribution is 7.92. The molecule has 1 aliphatic heterocycles. The highest BCUT2D eigenvalue weighted by Crippen LogP contribution is 2.65. The van der Waals surface area contributed by atoms with E-state index in [9.17, 15) is 37.2 Å². The number of ether oxygens (including phenoxy) is 1. The summed E-state index contributed by atoms with van der Waals surface area (Å²) in [6, 6.07) is -3.57. The molecular formula is C44H75N5O9S. The molecular weight excluding hydrogens is 775 g/mol. The summed E-state index contributed by atoms with van der Waals surface area (Å²) in [7, 11) is -3.59. The highest BCUT2D eigenvalue weighted by atomic mass is 32.2. The number of carbonyl (C=O) groups is 6. The molecule has 2 unspecified atom stereocenters. The Labute approximate surface area is 353 Å². The maximum absolute atomic E-state index is 14.7. The van der Waals surface area contributed by atoms with Crippen LogP contribution < -0.4 is 21.3 Å². The number of nitrogens with zero attached hydrogens (tertiary/aromatic N) is 1. The van der Waals surface area contributed by atoms with E-state index in [4.69, 9.17) is 4.74 Å². The number of ketones is 1. The standard InChI is InChI=1S/C44H75N5O9S/c1-10-12-13-14-16-19-31(47-40(55)48-44(23-17-15-18-24-44)28-59(56,57)42(6,7)11-2)39(54)49-27-30-34(43(30,8)9)35(49)37(52)46-32(26-29-20-21-29)36(51)38(53)45-25-22-33(50)58-41(3,4)5/h29-32,34-35H,10-28H2,1-9H3,(H,45,53)(H,46,52)(H2,47,48,55)/t30-,31?,32?,34-,35-/m0/s1. The van der Waals surface area contributed by atoms with E-state index in [1.807, 2.05) is 6.92 Å². The maximum atomic E-state index is 14.7. The molecule has 15 heteroatoms. The first-order valence-corrected chi connectivity index (χ1v) is 24.1. The molecule has 1 saturated heterocycles. The van der Waals surface area contributed by atoms with E-state index in [0.717, 1.165) is 57.8 Å². The van der Waals surface area contributed by atoms with Gasteiger partial charge in [0.25, 0.3) is 5.91 Å². The van der Waals surface area contributed by atoms with Gasteiger partial charge in [-0.25, -0.2) is 13.2 Å². The Kier molecular flexibility index (Phi) is 16.1. The quantitative estimate of drug-likeness (QED) is 0.0617. The van der Waals surface area contributed by atoms with Crippen LogP contribution in [0.3, 0.4) is 0 Å². The van der Waals surface area contributed by atoms with Gasteiger partial charge in [-0.2, -0.15) is 0 Å². The highest BCUT2D eigenvalue weighted by Gasteiger charge is 2.69. The normalized spacial score (nSPS) is 23.3. The summed E-state index contributed by atoms with van der Waals surface area (Å²) in [6.07, 6.45) is 10.9. The Hall–Kier alpha value is -3.23. The number of unbranched alkanes of at least 4 members (excludes halogenated alkanes) is 4. The predicted octanol–water partition coefficient (Wildman–Crippen LogP) is 5.51. The second kappa shape index (κ2) is 19.6. The minimum Gasteiger partial charge on any atom is -0.460 e. The molecule has 3 aliphatic carbocycles. The minimum absolute atomic E-state index is 0.0348. The van der Waals surface area contributed by atoms with Crippen LogP contribution in [-0.2, 0) is 38.5 Å². The van der Waals surface area contributed by atoms with Gasteiger partial charge in [-0.3, -0.25) is 24.0 Å². The zero-order valence-electron chi connectivity index (χ0n) is 37.4. The van der Waals surface area contributed by atoms with Gasteiger partial charge in [0.1, 0.15) is 17.7 Å². The Morgan fingerprint density at radius 1 is 0.864 bits per heavy atom. The van der Waals surface area contributed by atoms with Gasteiger partial charge in [-0.1, -0.05) is 91.9 Å². The molecule has 0 radical (unpaired) electrons. The number of hydrogen-bond acceptors (Lipinski definition) is 9. The molecule has 1 heterocycles. The number of nitrogens with one attached hydrogen (secondary N) is 4. The van der Waals surface area contributed by atoms with Gasteiger partial charge in [-0.15, -0.1) is 0 Å². The smallest absolute Gasteiger partial charge is 0.315 e. The summed E-state index contributed by atoms with van der Waals surface area (Å²) < 4.78 is 31.6. The van der Waals surface area contributed by atoms with Crippen molar-refractivity contribution >= 4 is 45.3 Å². The number of sulfone groups is 1. The summed E-state index contributed by atoms with van der Waals surface area (Å²) in [5, 5.41) is 11.4. The fourth-order valence-electron chi connectivity index (χ4n) is 9.06. The number of rotatable bonds is 22. The van der Waals surface area contributed by atoms with Crippen LogP contribution in [0.1, 0.15) is 165 Å². The van der Waals surface area contributed by atoms with Crippen LogP contribution in [-0.4, -0.2) is 102 Å². The third-order valence-corrected chi connectivity index (χ3v) is 16.4. The lowest BCUT2D eigenvalue weighted by Gasteiger charge is -2.40. The molecule has 59 heavy (non-hydrogen) atoms. The third kappa shape index (κ3) is 12.9. The molecule has 5 atom stereocenters. The third-order valence-electron chi connectivity index (χ3n) is 13.5. The number of urea groups is 1. The fourth-order valence-corrected chi connectivity index (χ4v) is 11.0. The van der Waals surface area contributed by atoms with Crippen molar-refractivity contribution in [2.45, 2.75) is 199 Å². The average molecular weight is 850 g/mol. The van der Waals surface area contributed by atoms with Gasteiger partial charge in [0.2, 0.25) is 17.6 Å². The molecule has 0 aromatic heterocycles. The number of carbonyl (C=O) groups excluding carboxylic acids is 6. The van der Waals surface area contributed by atoms with Crippen molar-refractivity contribution in [1.82, 2.24) is 26.2 Å². The van der Waals surface area contributed by atoms with Gasteiger partial charge < -0.3 is 30.9 Å². The van der Waals surface area contributed by atoms with Crippen LogP contribution in [0.5, 0.6) is 0 Å². The van der Waals surface area contributed by atoms with Gasteiger partial charge >= 0.3 is 12.0 Å². The number of esters is 1. The van der Waals surface area contributed by atoms with Crippen molar-refractivity contribution in [3.05, 3.63) is 0 Å². The zero-order chi connectivity index (χ0) is 44.0. The van der Waals surface area contributed by atoms with Crippen molar-refractivity contribution in [3.8, 4) is 0 Å². The number of likely N-dealkylation sites (tertiary alicyclic amines) is 1. The van der Waals surface area contributed by atoms with E-state index >= 15 is 0 Å². The first-order chi connectivity index (χ1) is 27.5. The SMILES string of the molecule is CCCCCCCC(NC(=O)NC1(CS(=O)(=O)C(C)(C)CC)CCCCC1)C(=O)N1C[C@H]2[C@@H]([C@H]1C(=O)NC(CC1CC1)C(=O)C(=O)NCCC(=O)OC(C)(C)C)C2(C)C. The monoisotopic (exact) mass is 850 g/mol. The van der Waals surface area contributed by atoms with Crippen LogP contribution in [0.25, 0.3) is 0 Å². The summed E-state index contributed by atoms with van der Waals surface area (Å²) >= 11 is 0. The molecule has 5 amide bonds. The van der Waals surface area contributed by atoms with E-state index in [0.29, 0.717) is 38.6 Å². The van der Waals surface area contributed by atoms with Gasteiger partial charge in [0.05, 0.1) is 28.5 Å². The summed E-state index contributed by atoms with van der Waals surface area (Å²) in [6.45, 7) is 16.9. The Balaban J connectivity index is 1.51. The number of Topliss-reactive ketones (excluding diaryl/α,β-unsaturated/α-hetero) is 1. The molecule has 4 aliphatic rings. The summed E-state index contributed by atoms with van der Waals surface area (Å²) in [4.78, 5) is 83.4. The Bertz CT molecular complexity index is 1640. The van der Waals surface area contributed by atoms with Crippen LogP contribution in [0.2, 0.25) is 0 Å². The zero-order valence-corrected chi connectivity index (χ0v) is 38.2. The van der Waals surface area contributed by atoms with Crippen molar-refractivity contribution in [3.63, 3.8) is 0 Å². The number of piperidine rings is 1. The molecule has 4 N–H and O–H groups in total. The molecule has 0 aromatic carbocycles. The van der Waals surface area contributed by atoms with Gasteiger partial charge in [-0.05, 0) is 89.9 Å². The maximum Gasteiger partial charge on any atom is 0.315 e. The van der Waals surface area contributed by atoms with E-state index in [-0.39, 0.29) is 54.2 Å². The largest absolute Gasteiger partial charge is 0.460 e. The van der Waals surface area contributed by atoms with Crippen LogP contribution in [0.4, 0.5) is 4.79 Å². The predicted molar refractivity (Wildman–Crippen MR) is 227 cm³/mol. The fraction of sp³-hybridized carbons (Fsp3) is 0.864. The second-order valence-electron chi connectivity index (χ2n) is 20.2. The van der Waals surface area contributed by atoms with Crippen molar-refractivity contribution in [2.75, 3.05) is 18.8 Å². The Morgan fingerprint density at radius 2 is 1.51 bits per heavy atom. The summed E-state index contributed by atoms with van der Waals surface area (Å²) in [5.74, 6) is -3.25. The topological polar surface area (TPSA) is 197 Å². The number of hydrogen-bond donors (Lipinski definition) is 4. The molecule has 4 rings (SSSR count). The lowest BCUT2D eigenvalue weighted by molar-refractivity contribution is -0.154. The minimum atomic E-state index is -3.59. The van der Waals surface area contributed by atoms with E-state index < -0.39 is 73.4 Å². The van der Waals surface area contributed by atoms with E-state index in [1.165, 1.54) is 0 Å². The van der Waals surface area contributed by atoms with Crippen molar-refractivity contribution in [2.24, 2.45) is 23.2 Å². The molecule has 0 spiro atoms. The number of amides is 5. The second-order valence-corrected chi connectivity index (χ2v) is 22.8. The first-order valence-electron chi connectivity index (χ1n) is 22.4. The van der Waals surface area contributed by atoms with E-state index in [2.05, 4.69) is 42.0 Å². The molecule has 14 nitrogen and oxygen atoms in total. The molecule has 4 fully saturated rings. The van der Waals surface area contributed by atoms with E-state index in [1.54, 1.807) is 39.5 Å². The van der Waals surface area contributed by atoms with Gasteiger partial charge in [0, 0.05) is 13.1 Å². The lowest BCUT2D eigenvalue weighted by atomic mass is 9.83.